The number of aromatic nitrogens is 1. The van der Waals surface area contributed by atoms with Crippen molar-refractivity contribution in [2.45, 2.75) is 0 Å². The quantitative estimate of drug-likeness (QED) is 0.510. The fourth-order valence-electron chi connectivity index (χ4n) is 1.19. The Bertz CT molecular complexity index is 495. The first kappa shape index (κ1) is 9.21. The molecule has 0 aliphatic carbocycles. The van der Waals surface area contributed by atoms with Gasteiger partial charge in [-0.05, 0) is 17.5 Å². The van der Waals surface area contributed by atoms with Crippen LogP contribution in [0.5, 0.6) is 0 Å². The van der Waals surface area contributed by atoms with E-state index >= 15 is 0 Å². The topological polar surface area (TPSA) is 39.2 Å². The molecule has 0 bridgehead atoms. The van der Waals surface area contributed by atoms with Gasteiger partial charge in [0.15, 0.2) is 0 Å². The largest absolute Gasteiger partial charge is 0.465 e. The lowest BCUT2D eigenvalue weighted by Gasteiger charge is -1.92. The van der Waals surface area contributed by atoms with Gasteiger partial charge in [-0.2, -0.15) is 0 Å². The number of ether oxygens (including phenoxy) is 1. The third-order valence-electron chi connectivity index (χ3n) is 1.85. The van der Waals surface area contributed by atoms with Crippen LogP contribution < -0.4 is 5.59 Å². The molecule has 68 valence electrons. The maximum Gasteiger partial charge on any atom is 0.348 e. The summed E-state index contributed by atoms with van der Waals surface area (Å²) in [6, 6.07) is 3.57. The van der Waals surface area contributed by atoms with Crippen molar-refractivity contribution >= 4 is 40.8 Å². The molecule has 0 N–H and O–H groups in total. The van der Waals surface area contributed by atoms with Crippen LogP contribution in [-0.2, 0) is 4.74 Å². The van der Waals surface area contributed by atoms with E-state index in [4.69, 9.17) is 7.85 Å². The van der Waals surface area contributed by atoms with Crippen LogP contribution in [0.15, 0.2) is 18.3 Å². The molecule has 0 fully saturated rings. The Kier molecular flexibility index (Phi) is 2.25. The maximum atomic E-state index is 11.2. The highest BCUT2D eigenvalue weighted by Gasteiger charge is 2.10. The Balaban J connectivity index is 2.62. The van der Waals surface area contributed by atoms with E-state index in [0.29, 0.717) is 10.5 Å². The second-order valence-corrected chi connectivity index (χ2v) is 3.77. The molecule has 0 spiro atoms. The average Bonchev–Trinajstić information content (AvgIpc) is 2.62. The molecule has 5 heteroatoms. The number of carbonyl (C=O) groups excluding carboxylic acids is 1. The zero-order chi connectivity index (χ0) is 10.1. The van der Waals surface area contributed by atoms with Gasteiger partial charge in [0.25, 0.3) is 0 Å². The van der Waals surface area contributed by atoms with Crippen molar-refractivity contribution < 1.29 is 9.53 Å². The maximum absolute atomic E-state index is 11.2. The van der Waals surface area contributed by atoms with Crippen molar-refractivity contribution in [1.29, 1.82) is 0 Å². The van der Waals surface area contributed by atoms with E-state index in [0.717, 1.165) is 10.1 Å². The van der Waals surface area contributed by atoms with Crippen LogP contribution in [0.25, 0.3) is 10.1 Å². The van der Waals surface area contributed by atoms with Crippen LogP contribution in [0.3, 0.4) is 0 Å². The Morgan fingerprint density at radius 2 is 2.43 bits per heavy atom. The summed E-state index contributed by atoms with van der Waals surface area (Å²) in [5, 5.41) is 0.919. The van der Waals surface area contributed by atoms with Gasteiger partial charge in [0.1, 0.15) is 12.7 Å². The van der Waals surface area contributed by atoms with Crippen molar-refractivity contribution in [2.75, 3.05) is 7.11 Å². The molecule has 0 unspecified atom stereocenters. The SMILES string of the molecule is [B]c1nccc2cc(C(=O)OC)sc12. The van der Waals surface area contributed by atoms with Crippen LogP contribution in [0, 0.1) is 0 Å². The minimum atomic E-state index is -0.342. The Morgan fingerprint density at radius 1 is 1.64 bits per heavy atom. The first-order chi connectivity index (χ1) is 6.72. The molecule has 0 amide bonds. The number of hydrogen-bond donors (Lipinski definition) is 0. The number of pyridine rings is 1. The number of esters is 1. The molecular weight excluding hydrogens is 197 g/mol. The summed E-state index contributed by atoms with van der Waals surface area (Å²) in [5.74, 6) is -0.342. The summed E-state index contributed by atoms with van der Waals surface area (Å²) >= 11 is 1.29. The number of hydrogen-bond acceptors (Lipinski definition) is 4. The number of rotatable bonds is 1. The number of thiophene rings is 1. The molecular formula is C9H6BNO2S. The summed E-state index contributed by atoms with van der Waals surface area (Å²) < 4.78 is 5.44. The van der Waals surface area contributed by atoms with Crippen molar-refractivity contribution in [1.82, 2.24) is 4.98 Å². The number of methoxy groups -OCH3 is 1. The molecule has 14 heavy (non-hydrogen) atoms. The lowest BCUT2D eigenvalue weighted by atomic mass is 10.0. The molecule has 2 heterocycles. The molecule has 0 aliphatic heterocycles. The smallest absolute Gasteiger partial charge is 0.348 e. The van der Waals surface area contributed by atoms with Crippen LogP contribution >= 0.6 is 11.3 Å². The molecule has 2 aromatic heterocycles. The first-order valence-electron chi connectivity index (χ1n) is 3.94. The summed E-state index contributed by atoms with van der Waals surface area (Å²) in [5.41, 5.74) is 0.447. The lowest BCUT2D eigenvalue weighted by molar-refractivity contribution is 0.0606. The van der Waals surface area contributed by atoms with Gasteiger partial charge in [0, 0.05) is 16.5 Å². The molecule has 2 radical (unpaired) electrons. The van der Waals surface area contributed by atoms with E-state index in [9.17, 15) is 4.79 Å². The predicted octanol–water partition coefficient (Wildman–Crippen LogP) is 0.877. The number of nitrogens with zero attached hydrogens (tertiary/aromatic N) is 1. The molecule has 0 atom stereocenters. The van der Waals surface area contributed by atoms with Crippen LogP contribution in [0.2, 0.25) is 0 Å². The summed E-state index contributed by atoms with van der Waals surface area (Å²) in [6.45, 7) is 0. The normalized spacial score (nSPS) is 10.4. The van der Waals surface area contributed by atoms with Crippen LogP contribution in [-0.4, -0.2) is 25.9 Å². The second kappa shape index (κ2) is 3.42. The zero-order valence-electron chi connectivity index (χ0n) is 7.48. The fourth-order valence-corrected chi connectivity index (χ4v) is 2.16. The van der Waals surface area contributed by atoms with E-state index in [-0.39, 0.29) is 5.97 Å². The molecule has 0 aromatic carbocycles. The standard InChI is InChI=1S/C9H6BNO2S/c1-13-9(12)6-4-5-2-3-11-8(10)7(5)14-6/h2-4H,1H3. The molecule has 3 nitrogen and oxygen atoms in total. The zero-order valence-corrected chi connectivity index (χ0v) is 8.30. The molecule has 2 rings (SSSR count). The Labute approximate surface area is 86.1 Å². The molecule has 0 saturated carbocycles. The predicted molar refractivity (Wildman–Crippen MR) is 56.3 cm³/mol. The lowest BCUT2D eigenvalue weighted by Crippen LogP contribution is -2.05. The summed E-state index contributed by atoms with van der Waals surface area (Å²) in [7, 11) is 7.01. The van der Waals surface area contributed by atoms with Gasteiger partial charge in [-0.15, -0.1) is 11.3 Å². The first-order valence-corrected chi connectivity index (χ1v) is 4.76. The van der Waals surface area contributed by atoms with E-state index in [1.54, 1.807) is 12.3 Å². The van der Waals surface area contributed by atoms with Gasteiger partial charge in [0.05, 0.1) is 7.11 Å². The average molecular weight is 203 g/mol. The van der Waals surface area contributed by atoms with Gasteiger partial charge in [-0.3, -0.25) is 4.98 Å². The minimum absolute atomic E-state index is 0.342. The third kappa shape index (κ3) is 1.39. The highest BCUT2D eigenvalue weighted by Crippen LogP contribution is 2.23. The molecule has 0 saturated heterocycles. The van der Waals surface area contributed by atoms with Gasteiger partial charge in [-0.1, -0.05) is 0 Å². The van der Waals surface area contributed by atoms with Crippen molar-refractivity contribution in [3.05, 3.63) is 23.2 Å². The van der Waals surface area contributed by atoms with E-state index in [1.165, 1.54) is 18.4 Å². The van der Waals surface area contributed by atoms with Crippen molar-refractivity contribution in [3.63, 3.8) is 0 Å². The van der Waals surface area contributed by atoms with E-state index < -0.39 is 0 Å². The van der Waals surface area contributed by atoms with E-state index in [2.05, 4.69) is 9.72 Å². The number of carbonyl (C=O) groups is 1. The van der Waals surface area contributed by atoms with Gasteiger partial charge in [-0.25, -0.2) is 4.79 Å². The Hall–Kier alpha value is -1.36. The summed E-state index contributed by atoms with van der Waals surface area (Å²) in [4.78, 5) is 15.7. The number of fused-ring (bicyclic) bond motifs is 1. The minimum Gasteiger partial charge on any atom is -0.465 e. The monoisotopic (exact) mass is 203 g/mol. The summed E-state index contributed by atoms with van der Waals surface area (Å²) in [6.07, 6.45) is 1.62. The second-order valence-electron chi connectivity index (χ2n) is 2.72. The highest BCUT2D eigenvalue weighted by molar-refractivity contribution is 7.21. The van der Waals surface area contributed by atoms with Gasteiger partial charge >= 0.3 is 5.97 Å². The fraction of sp³-hybridized carbons (Fsp3) is 0.111. The van der Waals surface area contributed by atoms with Crippen LogP contribution in [0.1, 0.15) is 9.67 Å². The molecule has 0 aliphatic rings. The third-order valence-corrected chi connectivity index (χ3v) is 3.00. The van der Waals surface area contributed by atoms with Gasteiger partial charge < -0.3 is 4.74 Å². The van der Waals surface area contributed by atoms with Crippen LogP contribution in [0.4, 0.5) is 0 Å². The van der Waals surface area contributed by atoms with E-state index in [1.807, 2.05) is 6.07 Å². The Morgan fingerprint density at radius 3 is 3.07 bits per heavy atom. The van der Waals surface area contributed by atoms with Crippen molar-refractivity contribution in [3.8, 4) is 0 Å². The van der Waals surface area contributed by atoms with Crippen molar-refractivity contribution in [2.24, 2.45) is 0 Å². The molecule has 2 aromatic rings. The highest BCUT2D eigenvalue weighted by atomic mass is 32.1. The van der Waals surface area contributed by atoms with Gasteiger partial charge in [0.2, 0.25) is 0 Å².